The zero-order chi connectivity index (χ0) is 15.8. The molecule has 0 N–H and O–H groups in total. The predicted molar refractivity (Wildman–Crippen MR) is 106 cm³/mol. The lowest BCUT2D eigenvalue weighted by Crippen LogP contribution is -2.45. The molecular weight excluding hydrogens is 670 g/mol. The highest BCUT2D eigenvalue weighted by Gasteiger charge is 2.33. The maximum atomic E-state index is 4.55. The molecule has 2 rings (SSSR count). The molecule has 1 aliphatic rings. The summed E-state index contributed by atoms with van der Waals surface area (Å²) in [7, 11) is 2.11. The standard InChI is InChI=1S/C10H11Br6N5/c1-20-2-4-21(5-3-20)8-18-6(9(11,12)13)17-7(19-8)10(14,15)16/h2-5H2,1H3. The average Bonchev–Trinajstić information content (AvgIpc) is 2.37. The third kappa shape index (κ3) is 5.32. The first-order chi connectivity index (χ1) is 9.57. The summed E-state index contributed by atoms with van der Waals surface area (Å²) in [5.41, 5.74) is 0. The molecule has 1 aromatic rings. The highest BCUT2D eigenvalue weighted by atomic mass is 80.0. The Morgan fingerprint density at radius 3 is 1.57 bits per heavy atom. The van der Waals surface area contributed by atoms with E-state index in [1.807, 2.05) is 0 Å². The summed E-state index contributed by atoms with van der Waals surface area (Å²) < 4.78 is -1.38. The van der Waals surface area contributed by atoms with Crippen LogP contribution in [0.15, 0.2) is 0 Å². The molecule has 1 aromatic heterocycles. The molecule has 11 heteroatoms. The van der Waals surface area contributed by atoms with Gasteiger partial charge in [0.25, 0.3) is 0 Å². The summed E-state index contributed by atoms with van der Waals surface area (Å²) in [6, 6.07) is 0. The van der Waals surface area contributed by atoms with E-state index in [4.69, 9.17) is 0 Å². The van der Waals surface area contributed by atoms with Gasteiger partial charge in [-0.2, -0.15) is 9.97 Å². The van der Waals surface area contributed by atoms with Crippen molar-refractivity contribution in [3.05, 3.63) is 11.6 Å². The average molecular weight is 681 g/mol. The molecule has 0 bridgehead atoms. The fourth-order valence-corrected chi connectivity index (χ4v) is 2.83. The molecule has 0 aromatic carbocycles. The van der Waals surface area contributed by atoms with E-state index < -0.39 is 4.29 Å². The van der Waals surface area contributed by atoms with Crippen LogP contribution in [0.25, 0.3) is 0 Å². The third-order valence-electron chi connectivity index (χ3n) is 2.92. The van der Waals surface area contributed by atoms with E-state index in [-0.39, 0.29) is 0 Å². The Morgan fingerprint density at radius 2 is 1.19 bits per heavy atom. The number of likely N-dealkylation sites (N-methyl/N-ethyl adjacent to an activating group) is 1. The van der Waals surface area contributed by atoms with Crippen molar-refractivity contribution in [3.63, 3.8) is 0 Å². The van der Waals surface area contributed by atoms with Crippen molar-refractivity contribution in [2.45, 2.75) is 4.29 Å². The molecular formula is C10H11Br6N5. The van der Waals surface area contributed by atoms with Crippen molar-refractivity contribution in [2.24, 2.45) is 0 Å². The van der Waals surface area contributed by atoms with Gasteiger partial charge in [-0.15, -0.1) is 0 Å². The summed E-state index contributed by atoms with van der Waals surface area (Å²) in [6.07, 6.45) is 0. The molecule has 2 heterocycles. The minimum absolute atomic E-state index is 0.546. The topological polar surface area (TPSA) is 45.2 Å². The second kappa shape index (κ2) is 7.26. The second-order valence-corrected chi connectivity index (χ2v) is 18.1. The number of rotatable bonds is 1. The summed E-state index contributed by atoms with van der Waals surface area (Å²) in [4.78, 5) is 18.0. The molecule has 0 aliphatic carbocycles. The zero-order valence-corrected chi connectivity index (χ0v) is 20.3. The van der Waals surface area contributed by atoms with E-state index in [9.17, 15) is 0 Å². The molecule has 21 heavy (non-hydrogen) atoms. The van der Waals surface area contributed by atoms with E-state index in [1.54, 1.807) is 0 Å². The van der Waals surface area contributed by atoms with Crippen LogP contribution >= 0.6 is 95.6 Å². The Bertz CT molecular complexity index is 473. The largest absolute Gasteiger partial charge is 0.338 e. The van der Waals surface area contributed by atoms with Gasteiger partial charge < -0.3 is 9.80 Å². The Hall–Kier alpha value is 1.65. The molecule has 0 saturated carbocycles. The molecule has 1 saturated heterocycles. The van der Waals surface area contributed by atoms with Crippen molar-refractivity contribution in [1.29, 1.82) is 0 Å². The smallest absolute Gasteiger partial charge is 0.229 e. The van der Waals surface area contributed by atoms with Crippen LogP contribution in [0.5, 0.6) is 0 Å². The highest BCUT2D eigenvalue weighted by molar-refractivity contribution is 9.39. The van der Waals surface area contributed by atoms with E-state index in [2.05, 4.69) is 127 Å². The normalized spacial score (nSPS) is 18.1. The molecule has 5 nitrogen and oxygen atoms in total. The van der Waals surface area contributed by atoms with Gasteiger partial charge in [-0.3, -0.25) is 0 Å². The number of alkyl halides is 6. The number of hydrogen-bond acceptors (Lipinski definition) is 5. The van der Waals surface area contributed by atoms with Crippen molar-refractivity contribution >= 4 is 102 Å². The van der Waals surface area contributed by atoms with Gasteiger partial charge in [0.05, 0.1) is 0 Å². The Kier molecular flexibility index (Phi) is 6.57. The third-order valence-corrected chi connectivity index (χ3v) is 5.04. The lowest BCUT2D eigenvalue weighted by molar-refractivity contribution is 0.311. The van der Waals surface area contributed by atoms with Crippen LogP contribution in [0, 0.1) is 0 Å². The maximum absolute atomic E-state index is 4.55. The van der Waals surface area contributed by atoms with Gasteiger partial charge in [0.15, 0.2) is 15.9 Å². The monoisotopic (exact) mass is 675 g/mol. The fraction of sp³-hybridized carbons (Fsp3) is 0.700. The summed E-state index contributed by atoms with van der Waals surface area (Å²) in [5.74, 6) is 1.75. The lowest BCUT2D eigenvalue weighted by Gasteiger charge is -2.33. The van der Waals surface area contributed by atoms with E-state index >= 15 is 0 Å². The number of hydrogen-bond donors (Lipinski definition) is 0. The van der Waals surface area contributed by atoms with Crippen LogP contribution in [0.1, 0.15) is 11.6 Å². The second-order valence-electron chi connectivity index (χ2n) is 4.57. The Labute approximate surface area is 173 Å². The number of halogens is 6. The van der Waals surface area contributed by atoms with Crippen LogP contribution in [0.3, 0.4) is 0 Å². The maximum Gasteiger partial charge on any atom is 0.229 e. The quantitative estimate of drug-likeness (QED) is 0.417. The minimum Gasteiger partial charge on any atom is -0.338 e. The zero-order valence-electron chi connectivity index (χ0n) is 10.8. The van der Waals surface area contributed by atoms with Gasteiger partial charge in [0.2, 0.25) is 5.95 Å². The molecule has 118 valence electrons. The molecule has 0 spiro atoms. The summed E-state index contributed by atoms with van der Waals surface area (Å²) in [5, 5.41) is 0. The van der Waals surface area contributed by atoms with Gasteiger partial charge in [-0.25, -0.2) is 4.98 Å². The number of anilines is 1. The summed E-state index contributed by atoms with van der Waals surface area (Å²) >= 11 is 20.8. The molecule has 0 unspecified atom stereocenters. The Balaban J connectivity index is 2.41. The van der Waals surface area contributed by atoms with E-state index in [1.165, 1.54) is 0 Å². The van der Waals surface area contributed by atoms with Gasteiger partial charge in [0.1, 0.15) is 0 Å². The molecule has 1 fully saturated rings. The van der Waals surface area contributed by atoms with Crippen molar-refractivity contribution < 1.29 is 0 Å². The van der Waals surface area contributed by atoms with Crippen molar-refractivity contribution in [3.8, 4) is 0 Å². The minimum atomic E-state index is -0.690. The number of aromatic nitrogens is 3. The Morgan fingerprint density at radius 1 is 0.762 bits per heavy atom. The first-order valence-electron chi connectivity index (χ1n) is 5.91. The van der Waals surface area contributed by atoms with Gasteiger partial charge in [-0.1, -0.05) is 95.6 Å². The van der Waals surface area contributed by atoms with Crippen LogP contribution < -0.4 is 4.90 Å². The van der Waals surface area contributed by atoms with E-state index in [0.29, 0.717) is 17.6 Å². The molecule has 1 aliphatic heterocycles. The van der Waals surface area contributed by atoms with Gasteiger partial charge in [-0.05, 0) is 7.05 Å². The fourth-order valence-electron chi connectivity index (χ4n) is 1.77. The first kappa shape index (κ1) is 19.0. The highest BCUT2D eigenvalue weighted by Crippen LogP contribution is 2.46. The van der Waals surface area contributed by atoms with Crippen LogP contribution in [-0.4, -0.2) is 53.1 Å². The van der Waals surface area contributed by atoms with Crippen molar-refractivity contribution in [2.75, 3.05) is 38.1 Å². The van der Waals surface area contributed by atoms with Gasteiger partial charge >= 0.3 is 0 Å². The predicted octanol–water partition coefficient (Wildman–Crippen LogP) is 4.21. The van der Waals surface area contributed by atoms with Crippen LogP contribution in [0.2, 0.25) is 0 Å². The molecule has 0 atom stereocenters. The van der Waals surface area contributed by atoms with E-state index in [0.717, 1.165) is 26.2 Å². The lowest BCUT2D eigenvalue weighted by atomic mass is 10.3. The SMILES string of the molecule is CN1CCN(c2nc(C(Br)(Br)Br)nc(C(Br)(Br)Br)n2)CC1. The van der Waals surface area contributed by atoms with Crippen LogP contribution in [0.4, 0.5) is 5.95 Å². The first-order valence-corrected chi connectivity index (χ1v) is 10.7. The summed E-state index contributed by atoms with van der Waals surface area (Å²) in [6.45, 7) is 3.75. The van der Waals surface area contributed by atoms with Crippen LogP contribution in [-0.2, 0) is 4.29 Å². The molecule has 0 radical (unpaired) electrons. The number of piperazine rings is 1. The van der Waals surface area contributed by atoms with Gasteiger partial charge in [0, 0.05) is 26.2 Å². The molecule has 0 amide bonds. The van der Waals surface area contributed by atoms with Crippen molar-refractivity contribution in [1.82, 2.24) is 19.9 Å². The number of nitrogens with zero attached hydrogens (tertiary/aromatic N) is 5.